The molecule has 1 aromatic carbocycles. The molecule has 1 rings (SSSR count). The first-order chi connectivity index (χ1) is 10.9. The average Bonchev–Trinajstić information content (AvgIpc) is 2.40. The summed E-state index contributed by atoms with van der Waals surface area (Å²) in [5, 5.41) is 0. The van der Waals surface area contributed by atoms with Gasteiger partial charge in [-0.2, -0.15) is 4.40 Å². The highest BCUT2D eigenvalue weighted by atomic mass is 32.2. The van der Waals surface area contributed by atoms with Gasteiger partial charge in [-0.05, 0) is 59.6 Å². The summed E-state index contributed by atoms with van der Waals surface area (Å²) in [6.07, 6.45) is 1.77. The molecule has 6 heteroatoms. The molecule has 1 aromatic rings. The van der Waals surface area contributed by atoms with Gasteiger partial charge in [0.2, 0.25) is 0 Å². The summed E-state index contributed by atoms with van der Waals surface area (Å²) in [6.45, 7) is 10.8. The highest BCUT2D eigenvalue weighted by Gasteiger charge is 2.19. The Morgan fingerprint density at radius 2 is 1.88 bits per heavy atom. The number of carbonyl (C=O) groups is 1. The standard InChI is InChI=1S/C18H26FNO3S/c1-17(2,3)23-16(21)11-10-13-8-7-9-15(19)14(13)12-20-24(22)18(4,5)6/h7-9,12H,10-11H2,1-6H3/b20-12+/t24-/m1/s1. The molecule has 0 radical (unpaired) electrons. The Hall–Kier alpha value is -1.56. The number of esters is 1. The number of hydrogen-bond donors (Lipinski definition) is 0. The second-order valence-electron chi connectivity index (χ2n) is 7.50. The first-order valence-corrected chi connectivity index (χ1v) is 8.96. The lowest BCUT2D eigenvalue weighted by Gasteiger charge is -2.19. The third-order valence-electron chi connectivity index (χ3n) is 2.96. The monoisotopic (exact) mass is 355 g/mol. The van der Waals surface area contributed by atoms with Crippen LogP contribution in [0.5, 0.6) is 0 Å². The van der Waals surface area contributed by atoms with Crippen LogP contribution in [0.1, 0.15) is 59.1 Å². The number of nitrogens with zero attached hydrogens (tertiary/aromatic N) is 1. The van der Waals surface area contributed by atoms with Crippen LogP contribution < -0.4 is 0 Å². The number of ether oxygens (including phenoxy) is 1. The minimum absolute atomic E-state index is 0.143. The van der Waals surface area contributed by atoms with Crippen LogP contribution >= 0.6 is 0 Å². The van der Waals surface area contributed by atoms with Crippen LogP contribution in [-0.4, -0.2) is 26.7 Å². The largest absolute Gasteiger partial charge is 0.460 e. The van der Waals surface area contributed by atoms with E-state index in [0.717, 1.165) is 0 Å². The first kappa shape index (κ1) is 20.5. The van der Waals surface area contributed by atoms with Crippen LogP contribution in [-0.2, 0) is 26.9 Å². The lowest BCUT2D eigenvalue weighted by Crippen LogP contribution is -2.24. The van der Waals surface area contributed by atoms with E-state index >= 15 is 0 Å². The Balaban J connectivity index is 2.90. The molecular formula is C18H26FNO3S. The fourth-order valence-corrected chi connectivity index (χ4v) is 2.35. The first-order valence-electron chi connectivity index (χ1n) is 7.85. The van der Waals surface area contributed by atoms with Crippen LogP contribution in [0.4, 0.5) is 4.39 Å². The molecule has 0 saturated carbocycles. The van der Waals surface area contributed by atoms with Gasteiger partial charge >= 0.3 is 5.97 Å². The maximum absolute atomic E-state index is 14.1. The maximum Gasteiger partial charge on any atom is 0.306 e. The second-order valence-corrected chi connectivity index (χ2v) is 9.43. The van der Waals surface area contributed by atoms with Gasteiger partial charge in [0, 0.05) is 18.2 Å². The van der Waals surface area contributed by atoms with Crippen molar-refractivity contribution in [2.24, 2.45) is 4.40 Å². The Morgan fingerprint density at radius 3 is 2.42 bits per heavy atom. The van der Waals surface area contributed by atoms with Crippen LogP contribution in [0.15, 0.2) is 22.6 Å². The molecule has 0 saturated heterocycles. The van der Waals surface area contributed by atoms with Crippen molar-refractivity contribution in [1.82, 2.24) is 0 Å². The minimum atomic E-state index is -1.47. The number of benzene rings is 1. The van der Waals surface area contributed by atoms with E-state index in [2.05, 4.69) is 4.40 Å². The molecule has 0 aliphatic carbocycles. The molecule has 24 heavy (non-hydrogen) atoms. The lowest BCUT2D eigenvalue weighted by atomic mass is 10.0. The topological polar surface area (TPSA) is 55.7 Å². The van der Waals surface area contributed by atoms with Gasteiger partial charge in [0.25, 0.3) is 0 Å². The predicted molar refractivity (Wildman–Crippen MR) is 96.1 cm³/mol. The summed E-state index contributed by atoms with van der Waals surface area (Å²) < 4.78 is 34.8. The third-order valence-corrected chi connectivity index (χ3v) is 4.31. The van der Waals surface area contributed by atoms with E-state index < -0.39 is 27.2 Å². The zero-order chi connectivity index (χ0) is 18.5. The van der Waals surface area contributed by atoms with Gasteiger partial charge in [-0.25, -0.2) is 8.60 Å². The van der Waals surface area contributed by atoms with Crippen LogP contribution in [0.3, 0.4) is 0 Å². The van der Waals surface area contributed by atoms with E-state index in [0.29, 0.717) is 12.0 Å². The van der Waals surface area contributed by atoms with Gasteiger partial charge in [0.15, 0.2) is 0 Å². The normalized spacial score (nSPS) is 14.0. The zero-order valence-electron chi connectivity index (χ0n) is 15.2. The average molecular weight is 355 g/mol. The second kappa shape index (κ2) is 8.01. The number of aryl methyl sites for hydroxylation is 1. The van der Waals surface area contributed by atoms with Gasteiger partial charge in [0.05, 0.1) is 4.75 Å². The summed E-state index contributed by atoms with van der Waals surface area (Å²) in [7, 11) is -1.47. The van der Waals surface area contributed by atoms with Gasteiger partial charge in [0.1, 0.15) is 22.4 Å². The smallest absolute Gasteiger partial charge is 0.306 e. The highest BCUT2D eigenvalue weighted by Crippen LogP contribution is 2.17. The number of halogens is 1. The van der Waals surface area contributed by atoms with E-state index in [4.69, 9.17) is 4.74 Å². The fraction of sp³-hybridized carbons (Fsp3) is 0.556. The van der Waals surface area contributed by atoms with Gasteiger partial charge in [-0.1, -0.05) is 12.1 Å². The summed E-state index contributed by atoms with van der Waals surface area (Å²) in [4.78, 5) is 11.8. The van der Waals surface area contributed by atoms with Gasteiger partial charge in [-0.3, -0.25) is 4.79 Å². The van der Waals surface area contributed by atoms with Crippen molar-refractivity contribution in [2.75, 3.05) is 0 Å². The summed E-state index contributed by atoms with van der Waals surface area (Å²) in [5.41, 5.74) is 0.349. The van der Waals surface area contributed by atoms with Crippen LogP contribution in [0.25, 0.3) is 0 Å². The van der Waals surface area contributed by atoms with E-state index in [1.807, 2.05) is 0 Å². The number of carbonyl (C=O) groups excluding carboxylic acids is 1. The predicted octanol–water partition coefficient (Wildman–Crippen LogP) is 3.98. The Bertz CT molecular complexity index is 643. The molecule has 4 nitrogen and oxygen atoms in total. The molecule has 0 bridgehead atoms. The van der Waals surface area contributed by atoms with Crippen molar-refractivity contribution in [1.29, 1.82) is 0 Å². The molecule has 0 aliphatic heterocycles. The lowest BCUT2D eigenvalue weighted by molar-refractivity contribution is -0.154. The van der Waals surface area contributed by atoms with E-state index in [-0.39, 0.29) is 18.0 Å². The molecule has 0 unspecified atom stereocenters. The van der Waals surface area contributed by atoms with Crippen LogP contribution in [0, 0.1) is 5.82 Å². The molecule has 1 atom stereocenters. The number of rotatable bonds is 5. The molecule has 0 amide bonds. The Kier molecular flexibility index (Phi) is 6.84. The van der Waals surface area contributed by atoms with E-state index in [1.54, 1.807) is 53.7 Å². The van der Waals surface area contributed by atoms with Gasteiger partial charge in [-0.15, -0.1) is 0 Å². The number of hydrogen-bond acceptors (Lipinski definition) is 3. The summed E-state index contributed by atoms with van der Waals surface area (Å²) in [5.74, 6) is -0.792. The van der Waals surface area contributed by atoms with Gasteiger partial charge < -0.3 is 4.74 Å². The molecular weight excluding hydrogens is 329 g/mol. The quantitative estimate of drug-likeness (QED) is 0.593. The summed E-state index contributed by atoms with van der Waals surface area (Å²) in [6, 6.07) is 4.63. The van der Waals surface area contributed by atoms with Crippen molar-refractivity contribution in [3.8, 4) is 0 Å². The molecule has 134 valence electrons. The minimum Gasteiger partial charge on any atom is -0.460 e. The molecule has 0 N–H and O–H groups in total. The van der Waals surface area contributed by atoms with Crippen molar-refractivity contribution >= 4 is 23.2 Å². The summed E-state index contributed by atoms with van der Waals surface area (Å²) >= 11 is 0. The zero-order valence-corrected chi connectivity index (χ0v) is 16.0. The molecule has 0 aromatic heterocycles. The van der Waals surface area contributed by atoms with Crippen LogP contribution in [0.2, 0.25) is 0 Å². The van der Waals surface area contributed by atoms with Crippen molar-refractivity contribution < 1.29 is 18.1 Å². The molecule has 0 spiro atoms. The van der Waals surface area contributed by atoms with E-state index in [1.165, 1.54) is 12.3 Å². The molecule has 0 aliphatic rings. The maximum atomic E-state index is 14.1. The highest BCUT2D eigenvalue weighted by molar-refractivity contribution is 7.85. The molecule has 0 fully saturated rings. The Labute approximate surface area is 146 Å². The fourth-order valence-electron chi connectivity index (χ4n) is 1.83. The Morgan fingerprint density at radius 1 is 1.25 bits per heavy atom. The SMILES string of the molecule is CC(C)(C)OC(=O)CCc1cccc(F)c1/C=N/[S@](=O)C(C)(C)C. The van der Waals surface area contributed by atoms with Crippen molar-refractivity contribution in [3.05, 3.63) is 35.1 Å². The third kappa shape index (κ3) is 6.91. The molecule has 0 heterocycles. The van der Waals surface area contributed by atoms with E-state index in [9.17, 15) is 13.4 Å². The van der Waals surface area contributed by atoms with Crippen molar-refractivity contribution in [3.63, 3.8) is 0 Å². The van der Waals surface area contributed by atoms with Crippen molar-refractivity contribution in [2.45, 2.75) is 64.7 Å².